The van der Waals surface area contributed by atoms with Crippen LogP contribution in [0.1, 0.15) is 30.9 Å². The minimum Gasteiger partial charge on any atom is -0.493 e. The zero-order valence-electron chi connectivity index (χ0n) is 16.7. The van der Waals surface area contributed by atoms with E-state index in [9.17, 15) is 9.18 Å². The largest absolute Gasteiger partial charge is 0.493 e. The standard InChI is InChI=1S/C24H24FN3O2/c25-20-10-8-18(9-11-20)23-24(27-14-13-26-23)19-5-4-15-28(17-19)22(29)12-16-30-21-6-2-1-3-7-21/h1-3,6-11,13-14,19H,4-5,12,15-17H2. The lowest BCUT2D eigenvalue weighted by molar-refractivity contribution is -0.132. The summed E-state index contributed by atoms with van der Waals surface area (Å²) in [6.45, 7) is 1.71. The highest BCUT2D eigenvalue weighted by Crippen LogP contribution is 2.32. The summed E-state index contributed by atoms with van der Waals surface area (Å²) in [7, 11) is 0. The molecule has 1 unspecified atom stereocenters. The van der Waals surface area contributed by atoms with Crippen molar-refractivity contribution in [3.63, 3.8) is 0 Å². The number of ether oxygens (including phenoxy) is 1. The first-order chi connectivity index (χ1) is 14.7. The quantitative estimate of drug-likeness (QED) is 0.608. The molecule has 0 N–H and O–H groups in total. The summed E-state index contributed by atoms with van der Waals surface area (Å²) in [6.07, 6.45) is 5.52. The highest BCUT2D eigenvalue weighted by Gasteiger charge is 2.27. The van der Waals surface area contributed by atoms with Gasteiger partial charge in [0.1, 0.15) is 11.6 Å². The first-order valence-corrected chi connectivity index (χ1v) is 10.2. The summed E-state index contributed by atoms with van der Waals surface area (Å²) in [5.74, 6) is 0.677. The average molecular weight is 405 g/mol. The minimum atomic E-state index is -0.281. The van der Waals surface area contributed by atoms with E-state index in [0.717, 1.165) is 42.1 Å². The van der Waals surface area contributed by atoms with Crippen molar-refractivity contribution in [1.82, 2.24) is 14.9 Å². The number of carbonyl (C=O) groups excluding carboxylic acids is 1. The van der Waals surface area contributed by atoms with Gasteiger partial charge in [-0.25, -0.2) is 4.39 Å². The summed E-state index contributed by atoms with van der Waals surface area (Å²) in [6, 6.07) is 15.8. The maximum atomic E-state index is 13.3. The maximum Gasteiger partial charge on any atom is 0.226 e. The Morgan fingerprint density at radius 3 is 2.63 bits per heavy atom. The Kier molecular flexibility index (Phi) is 6.32. The molecule has 2 aromatic carbocycles. The van der Waals surface area contributed by atoms with Gasteiger partial charge >= 0.3 is 0 Å². The zero-order valence-corrected chi connectivity index (χ0v) is 16.7. The van der Waals surface area contributed by atoms with Gasteiger partial charge < -0.3 is 9.64 Å². The first-order valence-electron chi connectivity index (χ1n) is 10.2. The van der Waals surface area contributed by atoms with Gasteiger partial charge in [0, 0.05) is 37.0 Å². The van der Waals surface area contributed by atoms with Crippen LogP contribution in [0.3, 0.4) is 0 Å². The third-order valence-corrected chi connectivity index (χ3v) is 5.33. The van der Waals surface area contributed by atoms with Crippen molar-refractivity contribution >= 4 is 5.91 Å². The smallest absolute Gasteiger partial charge is 0.226 e. The molecule has 1 fully saturated rings. The number of benzene rings is 2. The fourth-order valence-electron chi connectivity index (χ4n) is 3.84. The Balaban J connectivity index is 1.41. The molecular weight excluding hydrogens is 381 g/mol. The predicted octanol–water partition coefficient (Wildman–Crippen LogP) is 4.46. The van der Waals surface area contributed by atoms with Crippen LogP contribution in [-0.4, -0.2) is 40.5 Å². The number of likely N-dealkylation sites (tertiary alicyclic amines) is 1. The molecule has 6 heteroatoms. The second-order valence-electron chi connectivity index (χ2n) is 7.39. The fraction of sp³-hybridized carbons (Fsp3) is 0.292. The molecule has 0 saturated carbocycles. The molecule has 1 atom stereocenters. The molecule has 30 heavy (non-hydrogen) atoms. The number of halogens is 1. The number of hydrogen-bond acceptors (Lipinski definition) is 4. The van der Waals surface area contributed by atoms with Crippen molar-refractivity contribution in [1.29, 1.82) is 0 Å². The van der Waals surface area contributed by atoms with Crippen LogP contribution in [0.4, 0.5) is 4.39 Å². The molecule has 4 rings (SSSR count). The van der Waals surface area contributed by atoms with Gasteiger partial charge in [0.2, 0.25) is 5.91 Å². The van der Waals surface area contributed by atoms with Gasteiger partial charge in [-0.15, -0.1) is 0 Å². The molecule has 2 heterocycles. The molecule has 1 aliphatic rings. The molecule has 1 saturated heterocycles. The number of nitrogens with zero attached hydrogens (tertiary/aromatic N) is 3. The van der Waals surface area contributed by atoms with E-state index in [-0.39, 0.29) is 17.6 Å². The van der Waals surface area contributed by atoms with Crippen molar-refractivity contribution in [2.45, 2.75) is 25.2 Å². The lowest BCUT2D eigenvalue weighted by Gasteiger charge is -2.33. The summed E-state index contributed by atoms with van der Waals surface area (Å²) >= 11 is 0. The number of rotatable bonds is 6. The van der Waals surface area contributed by atoms with Crippen LogP contribution in [0.25, 0.3) is 11.3 Å². The van der Waals surface area contributed by atoms with Crippen molar-refractivity contribution in [3.05, 3.63) is 78.5 Å². The zero-order chi connectivity index (χ0) is 20.8. The van der Waals surface area contributed by atoms with Gasteiger partial charge in [-0.2, -0.15) is 0 Å². The number of aromatic nitrogens is 2. The monoisotopic (exact) mass is 405 g/mol. The lowest BCUT2D eigenvalue weighted by atomic mass is 9.91. The Morgan fingerprint density at radius 1 is 1.07 bits per heavy atom. The van der Waals surface area contributed by atoms with Gasteiger partial charge in [0.15, 0.2) is 0 Å². The predicted molar refractivity (Wildman–Crippen MR) is 113 cm³/mol. The topological polar surface area (TPSA) is 55.3 Å². The third-order valence-electron chi connectivity index (χ3n) is 5.33. The molecule has 154 valence electrons. The van der Waals surface area contributed by atoms with E-state index in [0.29, 0.717) is 19.6 Å². The van der Waals surface area contributed by atoms with Crippen molar-refractivity contribution in [3.8, 4) is 17.0 Å². The molecule has 0 spiro atoms. The molecule has 3 aromatic rings. The lowest BCUT2D eigenvalue weighted by Crippen LogP contribution is -2.40. The van der Waals surface area contributed by atoms with E-state index in [1.54, 1.807) is 24.5 Å². The SMILES string of the molecule is O=C(CCOc1ccccc1)N1CCCC(c2nccnc2-c2ccc(F)cc2)C1. The summed E-state index contributed by atoms with van der Waals surface area (Å²) < 4.78 is 19.0. The molecule has 5 nitrogen and oxygen atoms in total. The molecular formula is C24H24FN3O2. The highest BCUT2D eigenvalue weighted by molar-refractivity contribution is 5.76. The Hall–Kier alpha value is -3.28. The van der Waals surface area contributed by atoms with E-state index in [1.165, 1.54) is 12.1 Å². The molecule has 1 aromatic heterocycles. The van der Waals surface area contributed by atoms with Crippen LogP contribution in [0.5, 0.6) is 5.75 Å². The van der Waals surface area contributed by atoms with Crippen LogP contribution in [-0.2, 0) is 4.79 Å². The third kappa shape index (κ3) is 4.82. The van der Waals surface area contributed by atoms with Gasteiger partial charge in [0.05, 0.1) is 24.4 Å². The summed E-state index contributed by atoms with van der Waals surface area (Å²) in [4.78, 5) is 23.7. The number of carbonyl (C=O) groups is 1. The van der Waals surface area contributed by atoms with E-state index in [2.05, 4.69) is 9.97 Å². The Labute approximate surface area is 175 Å². The second-order valence-corrected chi connectivity index (χ2v) is 7.39. The molecule has 0 bridgehead atoms. The van der Waals surface area contributed by atoms with Crippen LogP contribution in [0.2, 0.25) is 0 Å². The second kappa shape index (κ2) is 9.48. The highest BCUT2D eigenvalue weighted by atomic mass is 19.1. The van der Waals surface area contributed by atoms with Crippen molar-refractivity contribution < 1.29 is 13.9 Å². The van der Waals surface area contributed by atoms with Gasteiger partial charge in [-0.1, -0.05) is 18.2 Å². The molecule has 0 aliphatic carbocycles. The van der Waals surface area contributed by atoms with Gasteiger partial charge in [-0.3, -0.25) is 14.8 Å². The van der Waals surface area contributed by atoms with E-state index in [4.69, 9.17) is 4.74 Å². The van der Waals surface area contributed by atoms with Crippen LogP contribution in [0, 0.1) is 5.82 Å². The fourth-order valence-corrected chi connectivity index (χ4v) is 3.84. The van der Waals surface area contributed by atoms with Gasteiger partial charge in [0.25, 0.3) is 0 Å². The number of piperidine rings is 1. The normalized spacial score (nSPS) is 16.3. The number of para-hydroxylation sites is 1. The van der Waals surface area contributed by atoms with Crippen LogP contribution < -0.4 is 4.74 Å². The molecule has 0 radical (unpaired) electrons. The van der Waals surface area contributed by atoms with E-state index in [1.807, 2.05) is 35.2 Å². The minimum absolute atomic E-state index is 0.0860. The maximum absolute atomic E-state index is 13.3. The van der Waals surface area contributed by atoms with E-state index >= 15 is 0 Å². The number of amides is 1. The molecule has 1 amide bonds. The van der Waals surface area contributed by atoms with Crippen molar-refractivity contribution in [2.24, 2.45) is 0 Å². The summed E-state index contributed by atoms with van der Waals surface area (Å²) in [5, 5.41) is 0. The van der Waals surface area contributed by atoms with Gasteiger partial charge in [-0.05, 0) is 49.2 Å². The number of hydrogen-bond donors (Lipinski definition) is 0. The summed E-state index contributed by atoms with van der Waals surface area (Å²) in [5.41, 5.74) is 2.45. The van der Waals surface area contributed by atoms with Crippen LogP contribution in [0.15, 0.2) is 67.0 Å². The molecule has 1 aliphatic heterocycles. The van der Waals surface area contributed by atoms with Crippen LogP contribution >= 0.6 is 0 Å². The first kappa shape index (κ1) is 20.0. The Bertz CT molecular complexity index is 979. The Morgan fingerprint density at radius 2 is 1.83 bits per heavy atom. The van der Waals surface area contributed by atoms with E-state index < -0.39 is 0 Å². The van der Waals surface area contributed by atoms with Crippen molar-refractivity contribution in [2.75, 3.05) is 19.7 Å². The average Bonchev–Trinajstić information content (AvgIpc) is 2.80.